The summed E-state index contributed by atoms with van der Waals surface area (Å²) >= 11 is 0. The van der Waals surface area contributed by atoms with Crippen molar-refractivity contribution in [3.05, 3.63) is 47.2 Å². The molecule has 20 heavy (non-hydrogen) atoms. The van der Waals surface area contributed by atoms with Gasteiger partial charge in [0, 0.05) is 25.2 Å². The van der Waals surface area contributed by atoms with E-state index in [1.807, 2.05) is 21.1 Å². The maximum absolute atomic E-state index is 5.75. The maximum atomic E-state index is 5.75. The Bertz CT molecular complexity index is 477. The normalized spacial score (nSPS) is 21.4. The number of hydrogen-bond donors (Lipinski definition) is 4. The van der Waals surface area contributed by atoms with Crippen LogP contribution in [0, 0.1) is 0 Å². The molecule has 1 aliphatic carbocycles. The van der Waals surface area contributed by atoms with Gasteiger partial charge in [0.15, 0.2) is 0 Å². The summed E-state index contributed by atoms with van der Waals surface area (Å²) in [5.74, 6) is 0.418. The molecule has 0 fully saturated rings. The van der Waals surface area contributed by atoms with Gasteiger partial charge in [-0.3, -0.25) is 10.6 Å². The first-order chi connectivity index (χ1) is 9.68. The van der Waals surface area contributed by atoms with Gasteiger partial charge in [-0.05, 0) is 44.1 Å². The van der Waals surface area contributed by atoms with Gasteiger partial charge in [-0.25, -0.2) is 0 Å². The van der Waals surface area contributed by atoms with Gasteiger partial charge in [0.2, 0.25) is 0 Å². The third-order valence-electron chi connectivity index (χ3n) is 4.37. The zero-order valence-corrected chi connectivity index (χ0v) is 12.7. The van der Waals surface area contributed by atoms with Crippen molar-refractivity contribution < 1.29 is 0 Å². The van der Waals surface area contributed by atoms with E-state index in [1.165, 1.54) is 16.8 Å². The van der Waals surface area contributed by atoms with Crippen molar-refractivity contribution in [2.24, 2.45) is 5.73 Å². The highest BCUT2D eigenvalue weighted by atomic mass is 15.2. The van der Waals surface area contributed by atoms with Gasteiger partial charge in [-0.15, -0.1) is 0 Å². The topological polar surface area (TPSA) is 62.1 Å². The molecule has 1 atom stereocenters. The Morgan fingerprint density at radius 2 is 2.00 bits per heavy atom. The first-order valence-electron chi connectivity index (χ1n) is 7.25. The fraction of sp³-hybridized carbons (Fsp3) is 0.500. The molecule has 0 amide bonds. The lowest BCUT2D eigenvalue weighted by atomic mass is 9.81. The average Bonchev–Trinajstić information content (AvgIpc) is 2.54. The number of hydrogen-bond acceptors (Lipinski definition) is 4. The molecular formula is C16H26N4. The van der Waals surface area contributed by atoms with E-state index >= 15 is 0 Å². The zero-order chi connectivity index (χ0) is 14.6. The van der Waals surface area contributed by atoms with Crippen molar-refractivity contribution in [3.63, 3.8) is 0 Å². The van der Waals surface area contributed by atoms with E-state index in [1.54, 1.807) is 0 Å². The largest absolute Gasteiger partial charge is 0.391 e. The first kappa shape index (κ1) is 15.0. The number of rotatable bonds is 5. The van der Waals surface area contributed by atoms with Crippen molar-refractivity contribution in [1.29, 1.82) is 0 Å². The van der Waals surface area contributed by atoms with E-state index in [2.05, 4.69) is 46.3 Å². The van der Waals surface area contributed by atoms with Gasteiger partial charge in [-0.2, -0.15) is 0 Å². The summed E-state index contributed by atoms with van der Waals surface area (Å²) < 4.78 is 0. The van der Waals surface area contributed by atoms with Crippen LogP contribution in [-0.4, -0.2) is 26.8 Å². The summed E-state index contributed by atoms with van der Waals surface area (Å²) in [5.41, 5.74) is 9.43. The molecule has 4 heteroatoms. The van der Waals surface area contributed by atoms with Crippen molar-refractivity contribution in [3.8, 4) is 0 Å². The Balaban J connectivity index is 2.33. The molecule has 1 unspecified atom stereocenters. The molecule has 0 heterocycles. The van der Waals surface area contributed by atoms with Crippen LogP contribution in [0.3, 0.4) is 0 Å². The number of likely N-dealkylation sites (N-methyl/N-ethyl adjacent to an activating group) is 3. The molecule has 0 aromatic heterocycles. The minimum Gasteiger partial charge on any atom is -0.391 e. The molecule has 5 N–H and O–H groups in total. The van der Waals surface area contributed by atoms with Crippen LogP contribution in [0.15, 0.2) is 36.0 Å². The van der Waals surface area contributed by atoms with E-state index in [9.17, 15) is 0 Å². The van der Waals surface area contributed by atoms with Crippen LogP contribution < -0.4 is 21.7 Å². The second-order valence-electron chi connectivity index (χ2n) is 5.36. The lowest BCUT2D eigenvalue weighted by Crippen LogP contribution is -2.54. The summed E-state index contributed by atoms with van der Waals surface area (Å²) in [6.45, 7) is 0.593. The number of benzene rings is 1. The van der Waals surface area contributed by atoms with Crippen molar-refractivity contribution in [1.82, 2.24) is 16.0 Å². The highest BCUT2D eigenvalue weighted by molar-refractivity contribution is 5.35. The standard InChI is InChI=1S/C16H26N4/c1-18-15-10-16(19-2,20-3)8-7-14(15)13-6-4-5-12(9-13)11-17/h4-6,9-10,14,18-20H,7-8,11,17H2,1-3H3. The van der Waals surface area contributed by atoms with E-state index in [-0.39, 0.29) is 5.66 Å². The Hall–Kier alpha value is -1.36. The van der Waals surface area contributed by atoms with Crippen LogP contribution >= 0.6 is 0 Å². The van der Waals surface area contributed by atoms with Crippen LogP contribution in [0.5, 0.6) is 0 Å². The molecule has 1 aromatic carbocycles. The lowest BCUT2D eigenvalue weighted by Gasteiger charge is -2.38. The molecular weight excluding hydrogens is 248 g/mol. The van der Waals surface area contributed by atoms with Crippen molar-refractivity contribution in [2.45, 2.75) is 31.0 Å². The fourth-order valence-corrected chi connectivity index (χ4v) is 3.01. The molecule has 1 aliphatic rings. The average molecular weight is 274 g/mol. The molecule has 0 spiro atoms. The lowest BCUT2D eigenvalue weighted by molar-refractivity contribution is 0.310. The molecule has 110 valence electrons. The van der Waals surface area contributed by atoms with Crippen LogP contribution in [-0.2, 0) is 6.54 Å². The SMILES string of the molecule is CNC1=CC(NC)(NC)CCC1c1cccc(CN)c1. The maximum Gasteiger partial charge on any atom is 0.0894 e. The van der Waals surface area contributed by atoms with Crippen LogP contribution in [0.25, 0.3) is 0 Å². The zero-order valence-electron chi connectivity index (χ0n) is 12.7. The summed E-state index contributed by atoms with van der Waals surface area (Å²) in [4.78, 5) is 0. The van der Waals surface area contributed by atoms with Crippen molar-refractivity contribution in [2.75, 3.05) is 21.1 Å². The fourth-order valence-electron chi connectivity index (χ4n) is 3.01. The van der Waals surface area contributed by atoms with Gasteiger partial charge in [-0.1, -0.05) is 24.3 Å². The highest BCUT2D eigenvalue weighted by Crippen LogP contribution is 2.35. The van der Waals surface area contributed by atoms with Crippen molar-refractivity contribution >= 4 is 0 Å². The van der Waals surface area contributed by atoms with E-state index < -0.39 is 0 Å². The minimum absolute atomic E-state index is 0.111. The highest BCUT2D eigenvalue weighted by Gasteiger charge is 2.32. The quantitative estimate of drug-likeness (QED) is 0.611. The van der Waals surface area contributed by atoms with Gasteiger partial charge in [0.1, 0.15) is 0 Å². The van der Waals surface area contributed by atoms with E-state index in [0.717, 1.165) is 12.8 Å². The number of allylic oxidation sites excluding steroid dienone is 1. The number of nitrogens with two attached hydrogens (primary N) is 1. The Morgan fingerprint density at radius 1 is 1.25 bits per heavy atom. The Morgan fingerprint density at radius 3 is 2.60 bits per heavy atom. The summed E-state index contributed by atoms with van der Waals surface area (Å²) in [5, 5.41) is 10.1. The predicted molar refractivity (Wildman–Crippen MR) is 84.3 cm³/mol. The monoisotopic (exact) mass is 274 g/mol. The molecule has 0 saturated carbocycles. The summed E-state index contributed by atoms with van der Waals surface area (Å²) in [6, 6.07) is 8.60. The molecule has 1 aromatic rings. The van der Waals surface area contributed by atoms with Crippen LogP contribution in [0.4, 0.5) is 0 Å². The van der Waals surface area contributed by atoms with Gasteiger partial charge in [0.25, 0.3) is 0 Å². The van der Waals surface area contributed by atoms with Crippen LogP contribution in [0.1, 0.15) is 29.9 Å². The molecule has 0 bridgehead atoms. The molecule has 0 radical (unpaired) electrons. The molecule has 2 rings (SSSR count). The smallest absolute Gasteiger partial charge is 0.0894 e. The second-order valence-corrected chi connectivity index (χ2v) is 5.36. The molecule has 0 saturated heterocycles. The second kappa shape index (κ2) is 6.39. The Kier molecular flexibility index (Phi) is 4.81. The third kappa shape index (κ3) is 2.87. The molecule has 0 aliphatic heterocycles. The van der Waals surface area contributed by atoms with Gasteiger partial charge >= 0.3 is 0 Å². The summed E-state index contributed by atoms with van der Waals surface area (Å²) in [6.07, 6.45) is 4.43. The summed E-state index contributed by atoms with van der Waals surface area (Å²) in [7, 11) is 5.98. The molecule has 4 nitrogen and oxygen atoms in total. The van der Waals surface area contributed by atoms with Gasteiger partial charge in [0.05, 0.1) is 5.66 Å². The Labute approximate surface area is 121 Å². The van der Waals surface area contributed by atoms with Gasteiger partial charge < -0.3 is 11.1 Å². The number of nitrogens with one attached hydrogen (secondary N) is 3. The predicted octanol–water partition coefficient (Wildman–Crippen LogP) is 1.26. The first-order valence-corrected chi connectivity index (χ1v) is 7.25. The van der Waals surface area contributed by atoms with E-state index in [4.69, 9.17) is 5.73 Å². The third-order valence-corrected chi connectivity index (χ3v) is 4.37. The van der Waals surface area contributed by atoms with Crippen LogP contribution in [0.2, 0.25) is 0 Å². The minimum atomic E-state index is -0.111. The van der Waals surface area contributed by atoms with E-state index in [0.29, 0.717) is 12.5 Å².